The van der Waals surface area contributed by atoms with Crippen LogP contribution in [0.2, 0.25) is 0 Å². The first-order chi connectivity index (χ1) is 9.30. The van der Waals surface area contributed by atoms with Crippen LogP contribution in [0, 0.1) is 0 Å². The smallest absolute Gasteiger partial charge is 0.326 e. The number of carboxylic acids is 1. The van der Waals surface area contributed by atoms with Crippen LogP contribution in [0.3, 0.4) is 0 Å². The van der Waals surface area contributed by atoms with Crippen LogP contribution in [0.5, 0.6) is 0 Å². The lowest BCUT2D eigenvalue weighted by Gasteiger charge is -2.20. The summed E-state index contributed by atoms with van der Waals surface area (Å²) in [6.45, 7) is 5.02. The van der Waals surface area contributed by atoms with Crippen LogP contribution in [-0.2, 0) is 29.0 Å². The molecule has 0 fully saturated rings. The molecule has 0 aromatic heterocycles. The first-order valence-corrected chi connectivity index (χ1v) is 8.28. The first-order valence-electron chi connectivity index (χ1n) is 6.22. The zero-order chi connectivity index (χ0) is 16.8. The van der Waals surface area contributed by atoms with Crippen molar-refractivity contribution in [3.05, 3.63) is 0 Å². The highest BCUT2D eigenvalue weighted by Gasteiger charge is 2.24. The highest BCUT2D eigenvalue weighted by Crippen LogP contribution is 2.10. The number of ether oxygens (including phenoxy) is 1. The minimum atomic E-state index is -3.55. The Morgan fingerprint density at radius 3 is 2.14 bits per heavy atom. The topological polar surface area (TPSA) is 127 Å². The molecular formula is C12H21NO7S. The van der Waals surface area contributed by atoms with Crippen LogP contribution in [0.1, 0.15) is 33.6 Å². The molecule has 0 unspecified atom stereocenters. The van der Waals surface area contributed by atoms with E-state index in [1.54, 1.807) is 20.8 Å². The molecule has 0 saturated carbocycles. The molecule has 9 heteroatoms. The molecule has 0 aromatic rings. The SMILES string of the molecule is CC(C)(C)OC(=O)CC[C@@H](NC(=O)CS(C)(=O)=O)C(=O)O. The van der Waals surface area contributed by atoms with E-state index in [-0.39, 0.29) is 12.8 Å². The third-order valence-corrected chi connectivity index (χ3v) is 2.87. The predicted octanol–water partition coefficient (Wildman–Crippen LogP) is -0.278. The number of rotatable bonds is 7. The van der Waals surface area contributed by atoms with Gasteiger partial charge in [0.15, 0.2) is 9.84 Å². The van der Waals surface area contributed by atoms with Crippen LogP contribution in [0.15, 0.2) is 0 Å². The summed E-state index contributed by atoms with van der Waals surface area (Å²) in [7, 11) is -3.55. The lowest BCUT2D eigenvalue weighted by Crippen LogP contribution is -2.43. The van der Waals surface area contributed by atoms with Gasteiger partial charge in [-0.05, 0) is 27.2 Å². The van der Waals surface area contributed by atoms with E-state index >= 15 is 0 Å². The standard InChI is InChI=1S/C12H21NO7S/c1-12(2,3)20-10(15)6-5-8(11(16)17)13-9(14)7-21(4,18)19/h8H,5-7H2,1-4H3,(H,13,14)(H,16,17)/t8-/m1/s1. The molecule has 0 heterocycles. The average Bonchev–Trinajstić information content (AvgIpc) is 2.18. The molecule has 0 rings (SSSR count). The maximum absolute atomic E-state index is 11.5. The normalized spacial score (nSPS) is 13.3. The van der Waals surface area contributed by atoms with Gasteiger partial charge in [-0.2, -0.15) is 0 Å². The monoisotopic (exact) mass is 323 g/mol. The van der Waals surface area contributed by atoms with Crippen molar-refractivity contribution in [3.63, 3.8) is 0 Å². The zero-order valence-electron chi connectivity index (χ0n) is 12.5. The van der Waals surface area contributed by atoms with E-state index < -0.39 is 45.1 Å². The van der Waals surface area contributed by atoms with E-state index in [1.807, 2.05) is 0 Å². The molecule has 8 nitrogen and oxygen atoms in total. The van der Waals surface area contributed by atoms with Crippen LogP contribution in [0.4, 0.5) is 0 Å². The highest BCUT2D eigenvalue weighted by molar-refractivity contribution is 7.91. The van der Waals surface area contributed by atoms with Crippen LogP contribution in [-0.4, -0.2) is 55.0 Å². The van der Waals surface area contributed by atoms with Crippen molar-refractivity contribution in [2.45, 2.75) is 45.3 Å². The lowest BCUT2D eigenvalue weighted by molar-refractivity contribution is -0.155. The molecule has 0 bridgehead atoms. The van der Waals surface area contributed by atoms with Gasteiger partial charge < -0.3 is 15.2 Å². The summed E-state index contributed by atoms with van der Waals surface area (Å²) in [5, 5.41) is 11.0. The van der Waals surface area contributed by atoms with Gasteiger partial charge >= 0.3 is 11.9 Å². The minimum Gasteiger partial charge on any atom is -0.480 e. The molecule has 0 aromatic carbocycles. The van der Waals surface area contributed by atoms with Crippen LogP contribution in [0.25, 0.3) is 0 Å². The fourth-order valence-corrected chi connectivity index (χ4v) is 1.95. The molecule has 0 spiro atoms. The van der Waals surface area contributed by atoms with E-state index in [9.17, 15) is 22.8 Å². The lowest BCUT2D eigenvalue weighted by atomic mass is 10.1. The largest absolute Gasteiger partial charge is 0.480 e. The number of amides is 1. The molecule has 0 saturated heterocycles. The van der Waals surface area contributed by atoms with Crippen molar-refractivity contribution < 1.29 is 32.6 Å². The maximum atomic E-state index is 11.5. The number of nitrogens with one attached hydrogen (secondary N) is 1. The number of aliphatic carboxylic acids is 1. The Hall–Kier alpha value is -1.64. The molecule has 21 heavy (non-hydrogen) atoms. The summed E-state index contributed by atoms with van der Waals surface area (Å²) < 4.78 is 26.9. The summed E-state index contributed by atoms with van der Waals surface area (Å²) in [6, 6.07) is -1.34. The highest BCUT2D eigenvalue weighted by atomic mass is 32.2. The molecule has 0 aliphatic heterocycles. The quantitative estimate of drug-likeness (QED) is 0.617. The van der Waals surface area contributed by atoms with Crippen molar-refractivity contribution in [1.29, 1.82) is 0 Å². The number of hydrogen-bond acceptors (Lipinski definition) is 6. The van der Waals surface area contributed by atoms with Gasteiger partial charge in [-0.3, -0.25) is 9.59 Å². The van der Waals surface area contributed by atoms with Gasteiger partial charge in [-0.1, -0.05) is 0 Å². The Labute approximate surface area is 123 Å². The number of carbonyl (C=O) groups is 3. The third-order valence-electron chi connectivity index (χ3n) is 2.08. The number of hydrogen-bond donors (Lipinski definition) is 2. The van der Waals surface area contributed by atoms with E-state index in [1.165, 1.54) is 0 Å². The van der Waals surface area contributed by atoms with Crippen molar-refractivity contribution in [2.24, 2.45) is 0 Å². The molecule has 1 atom stereocenters. The van der Waals surface area contributed by atoms with Crippen LogP contribution >= 0.6 is 0 Å². The van der Waals surface area contributed by atoms with Crippen molar-refractivity contribution in [2.75, 3.05) is 12.0 Å². The van der Waals surface area contributed by atoms with E-state index in [0.717, 1.165) is 6.26 Å². The second kappa shape index (κ2) is 7.39. The average molecular weight is 323 g/mol. The minimum absolute atomic E-state index is 0.181. The second-order valence-corrected chi connectivity index (χ2v) is 7.79. The Bertz CT molecular complexity index is 504. The number of esters is 1. The number of sulfone groups is 1. The first kappa shape index (κ1) is 19.4. The summed E-state index contributed by atoms with van der Waals surface area (Å²) in [4.78, 5) is 33.8. The summed E-state index contributed by atoms with van der Waals surface area (Å²) in [5.74, 6) is -3.66. The van der Waals surface area contributed by atoms with Crippen molar-refractivity contribution >= 4 is 27.7 Å². The van der Waals surface area contributed by atoms with E-state index in [4.69, 9.17) is 9.84 Å². The third kappa shape index (κ3) is 10.8. The molecule has 122 valence electrons. The molecule has 0 aliphatic rings. The van der Waals surface area contributed by atoms with Gasteiger partial charge in [0.05, 0.1) is 0 Å². The van der Waals surface area contributed by atoms with Crippen molar-refractivity contribution in [3.8, 4) is 0 Å². The van der Waals surface area contributed by atoms with E-state index in [0.29, 0.717) is 0 Å². The number of carbonyl (C=O) groups excluding carboxylic acids is 2. The summed E-state index contributed by atoms with van der Waals surface area (Å²) in [6.07, 6.45) is 0.482. The van der Waals surface area contributed by atoms with Gasteiger partial charge in [0.25, 0.3) is 0 Å². The van der Waals surface area contributed by atoms with E-state index in [2.05, 4.69) is 5.32 Å². The Morgan fingerprint density at radius 2 is 1.76 bits per heavy atom. The molecule has 2 N–H and O–H groups in total. The Kier molecular flexibility index (Phi) is 6.81. The van der Waals surface area contributed by atoms with Crippen molar-refractivity contribution in [1.82, 2.24) is 5.32 Å². The van der Waals surface area contributed by atoms with Gasteiger partial charge in [-0.15, -0.1) is 0 Å². The van der Waals surface area contributed by atoms with Gasteiger partial charge in [0.1, 0.15) is 17.4 Å². The molecule has 0 aliphatic carbocycles. The second-order valence-electron chi connectivity index (χ2n) is 5.65. The fraction of sp³-hybridized carbons (Fsp3) is 0.750. The summed E-state index contributed by atoms with van der Waals surface area (Å²) >= 11 is 0. The van der Waals surface area contributed by atoms with Gasteiger partial charge in [0, 0.05) is 12.7 Å². The van der Waals surface area contributed by atoms with Crippen LogP contribution < -0.4 is 5.32 Å². The summed E-state index contributed by atoms with van der Waals surface area (Å²) in [5.41, 5.74) is -0.685. The Balaban J connectivity index is 4.49. The Morgan fingerprint density at radius 1 is 1.24 bits per heavy atom. The van der Waals surface area contributed by atoms with Gasteiger partial charge in [0.2, 0.25) is 5.91 Å². The number of carboxylic acid groups (broad SMARTS) is 1. The maximum Gasteiger partial charge on any atom is 0.326 e. The van der Waals surface area contributed by atoms with Gasteiger partial charge in [-0.25, -0.2) is 13.2 Å². The molecular weight excluding hydrogens is 302 g/mol. The fourth-order valence-electron chi connectivity index (χ4n) is 1.39. The predicted molar refractivity (Wildman–Crippen MR) is 74.4 cm³/mol. The zero-order valence-corrected chi connectivity index (χ0v) is 13.3. The molecule has 0 radical (unpaired) electrons. The molecule has 1 amide bonds.